The van der Waals surface area contributed by atoms with Gasteiger partial charge in [0.2, 0.25) is 9.84 Å². The lowest BCUT2D eigenvalue weighted by Crippen LogP contribution is -2.43. The summed E-state index contributed by atoms with van der Waals surface area (Å²) in [4.78, 5) is 4.42. The molecule has 0 saturated carbocycles. The Morgan fingerprint density at radius 3 is 2.91 bits per heavy atom. The molecule has 1 fully saturated rings. The standard InChI is InChI=1S/C15H16BrN3O3S/c16-11-4-5-18-14(8-11)19-12-2-1-3-13(9-12)23(20,21)15-10-17-6-7-22-15/h1-5,8-9,15,17H,6-7,10H2,(H,18,19). The predicted molar refractivity (Wildman–Crippen MR) is 91.5 cm³/mol. The van der Waals surface area contributed by atoms with Crippen LogP contribution < -0.4 is 10.6 Å². The zero-order chi connectivity index (χ0) is 16.3. The Bertz CT molecular complexity index is 792. The number of halogens is 1. The number of nitrogens with one attached hydrogen (secondary N) is 2. The van der Waals surface area contributed by atoms with Crippen LogP contribution >= 0.6 is 15.9 Å². The predicted octanol–water partition coefficient (Wildman–Crippen LogP) is 2.31. The minimum absolute atomic E-state index is 0.228. The summed E-state index contributed by atoms with van der Waals surface area (Å²) < 4.78 is 31.5. The number of benzene rings is 1. The van der Waals surface area contributed by atoms with E-state index in [9.17, 15) is 8.42 Å². The third-order valence-corrected chi connectivity index (χ3v) is 5.80. The molecule has 1 saturated heterocycles. The van der Waals surface area contributed by atoms with Crippen molar-refractivity contribution in [3.63, 3.8) is 0 Å². The molecule has 0 aliphatic carbocycles. The first-order chi connectivity index (χ1) is 11.1. The zero-order valence-electron chi connectivity index (χ0n) is 12.2. The number of hydrogen-bond acceptors (Lipinski definition) is 6. The molecule has 2 N–H and O–H groups in total. The highest BCUT2D eigenvalue weighted by Gasteiger charge is 2.30. The smallest absolute Gasteiger partial charge is 0.206 e. The van der Waals surface area contributed by atoms with E-state index in [-0.39, 0.29) is 4.90 Å². The third kappa shape index (κ3) is 3.89. The summed E-state index contributed by atoms with van der Waals surface area (Å²) in [7, 11) is -3.54. The van der Waals surface area contributed by atoms with E-state index in [4.69, 9.17) is 4.74 Å². The number of pyridine rings is 1. The average molecular weight is 398 g/mol. The van der Waals surface area contributed by atoms with E-state index in [1.165, 1.54) is 0 Å². The maximum Gasteiger partial charge on any atom is 0.206 e. The van der Waals surface area contributed by atoms with E-state index in [0.29, 0.717) is 31.2 Å². The van der Waals surface area contributed by atoms with Gasteiger partial charge in [-0.1, -0.05) is 22.0 Å². The molecule has 1 unspecified atom stereocenters. The Morgan fingerprint density at radius 1 is 1.30 bits per heavy atom. The van der Waals surface area contributed by atoms with Gasteiger partial charge in [0.15, 0.2) is 5.44 Å². The van der Waals surface area contributed by atoms with Gasteiger partial charge in [0, 0.05) is 29.4 Å². The number of hydrogen-bond donors (Lipinski definition) is 2. The van der Waals surface area contributed by atoms with Crippen molar-refractivity contribution in [3.05, 3.63) is 47.1 Å². The SMILES string of the molecule is O=S(=O)(c1cccc(Nc2cc(Br)ccn2)c1)C1CNCCO1. The molecule has 122 valence electrons. The highest BCUT2D eigenvalue weighted by Crippen LogP contribution is 2.24. The summed E-state index contributed by atoms with van der Waals surface area (Å²) in [6, 6.07) is 10.3. The van der Waals surface area contributed by atoms with Gasteiger partial charge >= 0.3 is 0 Å². The molecule has 8 heteroatoms. The number of anilines is 2. The van der Waals surface area contributed by atoms with Crippen LogP contribution in [0.25, 0.3) is 0 Å². The number of morpholine rings is 1. The van der Waals surface area contributed by atoms with Crippen molar-refractivity contribution < 1.29 is 13.2 Å². The van der Waals surface area contributed by atoms with Crippen LogP contribution in [-0.2, 0) is 14.6 Å². The van der Waals surface area contributed by atoms with Crippen molar-refractivity contribution in [2.45, 2.75) is 10.3 Å². The van der Waals surface area contributed by atoms with Crippen LogP contribution in [0.3, 0.4) is 0 Å². The molecule has 1 atom stereocenters. The molecule has 3 rings (SSSR count). The largest absolute Gasteiger partial charge is 0.359 e. The van der Waals surface area contributed by atoms with Crippen LogP contribution in [0.1, 0.15) is 0 Å². The van der Waals surface area contributed by atoms with Gasteiger partial charge in [-0.25, -0.2) is 13.4 Å². The molecule has 0 radical (unpaired) electrons. The van der Waals surface area contributed by atoms with Gasteiger partial charge in [-0.2, -0.15) is 0 Å². The monoisotopic (exact) mass is 397 g/mol. The van der Waals surface area contributed by atoms with Gasteiger partial charge in [0.25, 0.3) is 0 Å². The maximum atomic E-state index is 12.6. The van der Waals surface area contributed by atoms with Gasteiger partial charge in [-0.3, -0.25) is 0 Å². The molecular formula is C15H16BrN3O3S. The van der Waals surface area contributed by atoms with Gasteiger partial charge in [0.1, 0.15) is 5.82 Å². The molecule has 1 aliphatic heterocycles. The second-order valence-corrected chi connectivity index (χ2v) is 8.06. The first kappa shape index (κ1) is 16.4. The number of nitrogens with zero attached hydrogens (tertiary/aromatic N) is 1. The third-order valence-electron chi connectivity index (χ3n) is 3.40. The van der Waals surface area contributed by atoms with Crippen LogP contribution in [0.15, 0.2) is 52.0 Å². The molecule has 0 amide bonds. The number of ether oxygens (including phenoxy) is 1. The molecule has 1 aliphatic rings. The van der Waals surface area contributed by atoms with Crippen molar-refractivity contribution >= 4 is 37.3 Å². The van der Waals surface area contributed by atoms with E-state index in [0.717, 1.165) is 4.47 Å². The summed E-state index contributed by atoms with van der Waals surface area (Å²) in [6.07, 6.45) is 1.66. The van der Waals surface area contributed by atoms with Crippen LogP contribution in [0.5, 0.6) is 0 Å². The Balaban J connectivity index is 1.84. The summed E-state index contributed by atoms with van der Waals surface area (Å²) in [5.41, 5.74) is -0.198. The summed E-state index contributed by atoms with van der Waals surface area (Å²) in [5.74, 6) is 0.629. The highest BCUT2D eigenvalue weighted by molar-refractivity contribution is 9.10. The number of aromatic nitrogens is 1. The first-order valence-corrected chi connectivity index (χ1v) is 9.44. The van der Waals surface area contributed by atoms with Crippen LogP contribution in [0.4, 0.5) is 11.5 Å². The first-order valence-electron chi connectivity index (χ1n) is 7.10. The fraction of sp³-hybridized carbons (Fsp3) is 0.267. The molecule has 0 bridgehead atoms. The molecular weight excluding hydrogens is 382 g/mol. The van der Waals surface area contributed by atoms with Gasteiger partial charge in [-0.05, 0) is 30.3 Å². The van der Waals surface area contributed by atoms with Gasteiger partial charge < -0.3 is 15.4 Å². The van der Waals surface area contributed by atoms with E-state index in [1.807, 2.05) is 12.1 Å². The Labute approximate surface area is 143 Å². The second kappa shape index (κ2) is 6.96. The second-order valence-electron chi connectivity index (χ2n) is 5.06. The van der Waals surface area contributed by atoms with E-state index in [2.05, 4.69) is 31.5 Å². The van der Waals surface area contributed by atoms with E-state index in [1.54, 1.807) is 30.5 Å². The topological polar surface area (TPSA) is 80.3 Å². The van der Waals surface area contributed by atoms with Crippen LogP contribution in [-0.4, -0.2) is 38.5 Å². The molecule has 23 heavy (non-hydrogen) atoms. The van der Waals surface area contributed by atoms with Crippen LogP contribution in [0, 0.1) is 0 Å². The van der Waals surface area contributed by atoms with Crippen molar-refractivity contribution in [1.82, 2.24) is 10.3 Å². The van der Waals surface area contributed by atoms with Crippen molar-refractivity contribution in [3.8, 4) is 0 Å². The summed E-state index contributed by atoms with van der Waals surface area (Å²) in [6.45, 7) is 1.36. The van der Waals surface area contributed by atoms with Crippen molar-refractivity contribution in [2.24, 2.45) is 0 Å². The molecule has 1 aromatic carbocycles. The lowest BCUT2D eigenvalue weighted by Gasteiger charge is -2.23. The Morgan fingerprint density at radius 2 is 2.17 bits per heavy atom. The fourth-order valence-electron chi connectivity index (χ4n) is 2.26. The number of rotatable bonds is 4. The van der Waals surface area contributed by atoms with Gasteiger partial charge in [0.05, 0.1) is 11.5 Å². The normalized spacial score (nSPS) is 18.6. The summed E-state index contributed by atoms with van der Waals surface area (Å²) in [5, 5.41) is 6.13. The molecule has 2 aromatic rings. The summed E-state index contributed by atoms with van der Waals surface area (Å²) >= 11 is 3.37. The quantitative estimate of drug-likeness (QED) is 0.823. The minimum Gasteiger partial charge on any atom is -0.359 e. The minimum atomic E-state index is -3.54. The average Bonchev–Trinajstić information content (AvgIpc) is 2.56. The molecule has 1 aromatic heterocycles. The van der Waals surface area contributed by atoms with Crippen LogP contribution in [0.2, 0.25) is 0 Å². The highest BCUT2D eigenvalue weighted by atomic mass is 79.9. The lowest BCUT2D eigenvalue weighted by molar-refractivity contribution is 0.0785. The molecule has 2 heterocycles. The van der Waals surface area contributed by atoms with E-state index < -0.39 is 15.3 Å². The van der Waals surface area contributed by atoms with Gasteiger partial charge in [-0.15, -0.1) is 0 Å². The molecule has 6 nitrogen and oxygen atoms in total. The number of sulfone groups is 1. The molecule has 0 spiro atoms. The Hall–Kier alpha value is -1.48. The zero-order valence-corrected chi connectivity index (χ0v) is 14.6. The maximum absolute atomic E-state index is 12.6. The fourth-order valence-corrected chi connectivity index (χ4v) is 4.08. The van der Waals surface area contributed by atoms with Crippen molar-refractivity contribution in [2.75, 3.05) is 25.0 Å². The van der Waals surface area contributed by atoms with E-state index >= 15 is 0 Å². The Kier molecular flexibility index (Phi) is 4.96. The van der Waals surface area contributed by atoms with Crippen molar-refractivity contribution in [1.29, 1.82) is 0 Å². The lowest BCUT2D eigenvalue weighted by atomic mass is 10.3.